The van der Waals surface area contributed by atoms with Crippen LogP contribution in [0.1, 0.15) is 27.6 Å². The van der Waals surface area contributed by atoms with E-state index in [0.29, 0.717) is 30.6 Å². The van der Waals surface area contributed by atoms with Crippen molar-refractivity contribution in [1.82, 2.24) is 4.90 Å². The fourth-order valence-electron chi connectivity index (χ4n) is 2.73. The molecule has 1 atom stereocenters. The van der Waals surface area contributed by atoms with E-state index in [4.69, 9.17) is 0 Å². The molecule has 23 heavy (non-hydrogen) atoms. The van der Waals surface area contributed by atoms with Gasteiger partial charge in [-0.3, -0.25) is 4.79 Å². The van der Waals surface area contributed by atoms with Crippen LogP contribution in [-0.4, -0.2) is 29.6 Å². The van der Waals surface area contributed by atoms with Crippen molar-refractivity contribution >= 4 is 17.7 Å². The fourth-order valence-corrected chi connectivity index (χ4v) is 3.99. The number of carbonyl (C=O) groups is 1. The van der Waals surface area contributed by atoms with Crippen LogP contribution in [0.25, 0.3) is 0 Å². The van der Waals surface area contributed by atoms with Crippen LogP contribution < -0.4 is 0 Å². The number of amides is 1. The fraction of sp³-hybridized carbons (Fsp3) is 0.278. The first-order valence-electron chi connectivity index (χ1n) is 7.56. The summed E-state index contributed by atoms with van der Waals surface area (Å²) in [5, 5.41) is 0.0576. The second-order valence-corrected chi connectivity index (χ2v) is 6.78. The first-order valence-corrected chi connectivity index (χ1v) is 8.61. The summed E-state index contributed by atoms with van der Waals surface area (Å²) in [7, 11) is 0. The molecule has 1 amide bonds. The van der Waals surface area contributed by atoms with Gasteiger partial charge in [-0.2, -0.15) is 11.8 Å². The van der Waals surface area contributed by atoms with Crippen molar-refractivity contribution < 1.29 is 13.6 Å². The largest absolute Gasteiger partial charge is 0.338 e. The highest BCUT2D eigenvalue weighted by Crippen LogP contribution is 2.35. The van der Waals surface area contributed by atoms with Crippen LogP contribution in [0.2, 0.25) is 0 Å². The summed E-state index contributed by atoms with van der Waals surface area (Å²) in [6.45, 7) is 1.19. The monoisotopic (exact) mass is 333 g/mol. The lowest BCUT2D eigenvalue weighted by molar-refractivity contribution is 0.0766. The maximum atomic E-state index is 13.9. The normalized spacial score (nSPS) is 18.5. The smallest absolute Gasteiger partial charge is 0.253 e. The molecule has 2 aromatic rings. The highest BCUT2D eigenvalue weighted by atomic mass is 32.2. The molecule has 0 saturated carbocycles. The Morgan fingerprint density at radius 2 is 1.78 bits per heavy atom. The van der Waals surface area contributed by atoms with E-state index in [1.807, 2.05) is 12.1 Å². The maximum Gasteiger partial charge on any atom is 0.253 e. The van der Waals surface area contributed by atoms with E-state index in [0.717, 1.165) is 5.75 Å². The summed E-state index contributed by atoms with van der Waals surface area (Å²) in [6.07, 6.45) is 0.707. The molecular weight excluding hydrogens is 316 g/mol. The minimum absolute atomic E-state index is 0.0576. The number of hydrogen-bond acceptors (Lipinski definition) is 2. The molecule has 1 aliphatic heterocycles. The number of hydrogen-bond donors (Lipinski definition) is 0. The van der Waals surface area contributed by atoms with Gasteiger partial charge in [0.1, 0.15) is 11.6 Å². The molecule has 1 heterocycles. The van der Waals surface area contributed by atoms with E-state index in [1.165, 1.54) is 30.3 Å². The molecule has 0 radical (unpaired) electrons. The van der Waals surface area contributed by atoms with Crippen LogP contribution in [0.3, 0.4) is 0 Å². The van der Waals surface area contributed by atoms with Crippen molar-refractivity contribution in [2.75, 3.05) is 18.8 Å². The van der Waals surface area contributed by atoms with Crippen molar-refractivity contribution in [3.63, 3.8) is 0 Å². The van der Waals surface area contributed by atoms with Gasteiger partial charge >= 0.3 is 0 Å². The molecule has 2 aromatic carbocycles. The molecule has 1 fully saturated rings. The summed E-state index contributed by atoms with van der Waals surface area (Å²) < 4.78 is 26.9. The number of benzene rings is 2. The predicted molar refractivity (Wildman–Crippen MR) is 88.5 cm³/mol. The molecule has 0 aliphatic carbocycles. The van der Waals surface area contributed by atoms with Gasteiger partial charge in [0, 0.05) is 35.2 Å². The van der Waals surface area contributed by atoms with Gasteiger partial charge < -0.3 is 4.90 Å². The molecule has 0 bridgehead atoms. The maximum absolute atomic E-state index is 13.9. The minimum atomic E-state index is -0.354. The SMILES string of the molecule is O=C(c1ccc(F)cc1)N1CCSC(c2ccccc2F)CC1. The average molecular weight is 333 g/mol. The van der Waals surface area contributed by atoms with E-state index in [9.17, 15) is 13.6 Å². The molecule has 3 rings (SSSR count). The van der Waals surface area contributed by atoms with Gasteiger partial charge in [0.25, 0.3) is 5.91 Å². The van der Waals surface area contributed by atoms with Crippen LogP contribution >= 0.6 is 11.8 Å². The van der Waals surface area contributed by atoms with Crippen LogP contribution in [0.15, 0.2) is 48.5 Å². The zero-order valence-corrected chi connectivity index (χ0v) is 13.4. The lowest BCUT2D eigenvalue weighted by atomic mass is 10.1. The highest BCUT2D eigenvalue weighted by molar-refractivity contribution is 7.99. The van der Waals surface area contributed by atoms with Gasteiger partial charge in [-0.25, -0.2) is 8.78 Å². The number of nitrogens with zero attached hydrogens (tertiary/aromatic N) is 1. The Bertz CT molecular complexity index is 690. The van der Waals surface area contributed by atoms with Crippen molar-refractivity contribution in [3.05, 3.63) is 71.3 Å². The number of halogens is 2. The molecule has 0 spiro atoms. The second kappa shape index (κ2) is 7.13. The molecule has 120 valence electrons. The Hall–Kier alpha value is -1.88. The van der Waals surface area contributed by atoms with Gasteiger partial charge in [0.15, 0.2) is 0 Å². The van der Waals surface area contributed by atoms with Crippen LogP contribution in [0.5, 0.6) is 0 Å². The molecular formula is C18H17F2NOS. The summed E-state index contributed by atoms with van der Waals surface area (Å²) in [5.74, 6) is 0.113. The number of thioether (sulfide) groups is 1. The van der Waals surface area contributed by atoms with E-state index in [-0.39, 0.29) is 22.8 Å². The minimum Gasteiger partial charge on any atom is -0.338 e. The molecule has 2 nitrogen and oxygen atoms in total. The highest BCUT2D eigenvalue weighted by Gasteiger charge is 2.24. The summed E-state index contributed by atoms with van der Waals surface area (Å²) in [4.78, 5) is 14.3. The van der Waals surface area contributed by atoms with Gasteiger partial charge in [-0.15, -0.1) is 0 Å². The van der Waals surface area contributed by atoms with Gasteiger partial charge in [-0.1, -0.05) is 18.2 Å². The second-order valence-electron chi connectivity index (χ2n) is 5.47. The molecule has 5 heteroatoms. The van der Waals surface area contributed by atoms with Crippen LogP contribution in [0, 0.1) is 11.6 Å². The summed E-state index contributed by atoms with van der Waals surface area (Å²) in [6, 6.07) is 12.4. The third-order valence-corrected chi connectivity index (χ3v) is 5.28. The molecule has 1 unspecified atom stereocenters. The van der Waals surface area contributed by atoms with Crippen molar-refractivity contribution in [3.8, 4) is 0 Å². The van der Waals surface area contributed by atoms with Gasteiger partial charge in [0.05, 0.1) is 0 Å². The first kappa shape index (κ1) is 16.0. The lowest BCUT2D eigenvalue weighted by Gasteiger charge is -2.20. The van der Waals surface area contributed by atoms with E-state index < -0.39 is 0 Å². The molecule has 0 aromatic heterocycles. The van der Waals surface area contributed by atoms with Gasteiger partial charge in [0.2, 0.25) is 0 Å². The zero-order chi connectivity index (χ0) is 16.2. The Balaban J connectivity index is 1.70. The van der Waals surface area contributed by atoms with Crippen LogP contribution in [-0.2, 0) is 0 Å². The Labute approximate surface area is 138 Å². The lowest BCUT2D eigenvalue weighted by Crippen LogP contribution is -2.32. The quantitative estimate of drug-likeness (QED) is 0.817. The van der Waals surface area contributed by atoms with Crippen LogP contribution in [0.4, 0.5) is 8.78 Å². The Morgan fingerprint density at radius 1 is 1.04 bits per heavy atom. The molecule has 0 N–H and O–H groups in total. The molecule has 1 saturated heterocycles. The topological polar surface area (TPSA) is 20.3 Å². The summed E-state index contributed by atoms with van der Waals surface area (Å²) >= 11 is 1.68. The van der Waals surface area contributed by atoms with Crippen molar-refractivity contribution in [2.45, 2.75) is 11.7 Å². The predicted octanol–water partition coefficient (Wildman–Crippen LogP) is 4.29. The number of carbonyl (C=O) groups excluding carboxylic acids is 1. The van der Waals surface area contributed by atoms with Gasteiger partial charge in [-0.05, 0) is 36.8 Å². The van der Waals surface area contributed by atoms with Crippen molar-refractivity contribution in [1.29, 1.82) is 0 Å². The van der Waals surface area contributed by atoms with E-state index in [1.54, 1.807) is 22.7 Å². The van der Waals surface area contributed by atoms with E-state index >= 15 is 0 Å². The summed E-state index contributed by atoms with van der Waals surface area (Å²) in [5.41, 5.74) is 1.19. The third-order valence-electron chi connectivity index (χ3n) is 3.97. The first-order chi connectivity index (χ1) is 11.1. The van der Waals surface area contributed by atoms with E-state index in [2.05, 4.69) is 0 Å². The Morgan fingerprint density at radius 3 is 2.52 bits per heavy atom. The molecule has 1 aliphatic rings. The number of rotatable bonds is 2. The third kappa shape index (κ3) is 3.72. The Kier molecular flexibility index (Phi) is 4.96. The zero-order valence-electron chi connectivity index (χ0n) is 12.5. The van der Waals surface area contributed by atoms with Crippen molar-refractivity contribution in [2.24, 2.45) is 0 Å². The standard InChI is InChI=1S/C18H17F2NOS/c19-14-7-5-13(6-8-14)18(22)21-10-9-17(23-12-11-21)15-3-1-2-4-16(15)20/h1-8,17H,9-12H2. The average Bonchev–Trinajstić information content (AvgIpc) is 2.81.